The fourth-order valence-corrected chi connectivity index (χ4v) is 1.50. The summed E-state index contributed by atoms with van der Waals surface area (Å²) >= 11 is 0. The molecule has 2 heterocycles. The average molecular weight is 259 g/mol. The molecule has 0 aliphatic rings. The number of hydrogen-bond acceptors (Lipinski definition) is 6. The predicted octanol–water partition coefficient (Wildman–Crippen LogP) is 1.14. The Morgan fingerprint density at radius 2 is 1.84 bits per heavy atom. The van der Waals surface area contributed by atoms with Gasteiger partial charge in [-0.15, -0.1) is 10.2 Å². The number of ether oxygens (including phenoxy) is 1. The predicted molar refractivity (Wildman–Crippen MR) is 68.0 cm³/mol. The SMILES string of the molecule is COc1ccc(C(=O)Nc2nc(C)cc(C)n2)nn1. The summed E-state index contributed by atoms with van der Waals surface area (Å²) in [6.07, 6.45) is 0. The van der Waals surface area contributed by atoms with Gasteiger partial charge in [0.2, 0.25) is 11.8 Å². The molecule has 7 heteroatoms. The molecule has 1 amide bonds. The van der Waals surface area contributed by atoms with Crippen LogP contribution in [0.4, 0.5) is 5.95 Å². The van der Waals surface area contributed by atoms with E-state index in [9.17, 15) is 4.79 Å². The second-order valence-electron chi connectivity index (χ2n) is 3.89. The molecule has 0 atom stereocenters. The second kappa shape index (κ2) is 5.38. The highest BCUT2D eigenvalue weighted by Crippen LogP contribution is 2.07. The quantitative estimate of drug-likeness (QED) is 0.889. The first-order valence-corrected chi connectivity index (χ1v) is 5.60. The molecule has 0 saturated carbocycles. The number of nitrogens with one attached hydrogen (secondary N) is 1. The number of hydrogen-bond donors (Lipinski definition) is 1. The van der Waals surface area contributed by atoms with Gasteiger partial charge >= 0.3 is 0 Å². The van der Waals surface area contributed by atoms with E-state index in [1.165, 1.54) is 13.2 Å². The van der Waals surface area contributed by atoms with Crippen LogP contribution in [0, 0.1) is 13.8 Å². The van der Waals surface area contributed by atoms with Gasteiger partial charge in [-0.05, 0) is 26.0 Å². The van der Waals surface area contributed by atoms with Crippen molar-refractivity contribution in [2.45, 2.75) is 13.8 Å². The Kier molecular flexibility index (Phi) is 3.65. The number of aryl methyl sites for hydroxylation is 2. The van der Waals surface area contributed by atoms with Crippen molar-refractivity contribution < 1.29 is 9.53 Å². The highest BCUT2D eigenvalue weighted by atomic mass is 16.5. The van der Waals surface area contributed by atoms with Crippen molar-refractivity contribution in [3.8, 4) is 5.88 Å². The van der Waals surface area contributed by atoms with E-state index < -0.39 is 5.91 Å². The lowest BCUT2D eigenvalue weighted by atomic mass is 10.3. The van der Waals surface area contributed by atoms with Gasteiger partial charge in [0.1, 0.15) is 0 Å². The van der Waals surface area contributed by atoms with Crippen molar-refractivity contribution in [3.05, 3.63) is 35.3 Å². The number of aromatic nitrogens is 4. The van der Waals surface area contributed by atoms with E-state index in [1.807, 2.05) is 19.9 Å². The van der Waals surface area contributed by atoms with Gasteiger partial charge in [-0.1, -0.05) is 0 Å². The van der Waals surface area contributed by atoms with Gasteiger partial charge < -0.3 is 4.74 Å². The Morgan fingerprint density at radius 1 is 1.16 bits per heavy atom. The molecule has 0 aliphatic heterocycles. The number of anilines is 1. The molecule has 0 aliphatic carbocycles. The van der Waals surface area contributed by atoms with Crippen LogP contribution in [0.5, 0.6) is 5.88 Å². The van der Waals surface area contributed by atoms with E-state index in [0.717, 1.165) is 11.4 Å². The number of carbonyl (C=O) groups excluding carboxylic acids is 1. The molecule has 0 spiro atoms. The zero-order chi connectivity index (χ0) is 13.8. The van der Waals surface area contributed by atoms with Crippen molar-refractivity contribution in [1.29, 1.82) is 0 Å². The van der Waals surface area contributed by atoms with Crippen molar-refractivity contribution >= 4 is 11.9 Å². The minimum atomic E-state index is -0.417. The van der Waals surface area contributed by atoms with Gasteiger partial charge in [0.25, 0.3) is 5.91 Å². The molecule has 0 unspecified atom stereocenters. The summed E-state index contributed by atoms with van der Waals surface area (Å²) in [5.41, 5.74) is 1.73. The van der Waals surface area contributed by atoms with Gasteiger partial charge in [0.05, 0.1) is 7.11 Å². The zero-order valence-electron chi connectivity index (χ0n) is 10.8. The molecule has 2 rings (SSSR count). The molecule has 0 fully saturated rings. The molecular weight excluding hydrogens is 246 g/mol. The molecular formula is C12H13N5O2. The smallest absolute Gasteiger partial charge is 0.278 e. The first kappa shape index (κ1) is 12.9. The number of amides is 1. The van der Waals surface area contributed by atoms with E-state index in [1.54, 1.807) is 6.07 Å². The van der Waals surface area contributed by atoms with Crippen molar-refractivity contribution in [2.75, 3.05) is 12.4 Å². The minimum Gasteiger partial charge on any atom is -0.480 e. The maximum atomic E-state index is 11.9. The molecule has 98 valence electrons. The molecule has 1 N–H and O–H groups in total. The van der Waals surface area contributed by atoms with Crippen LogP contribution in [0.3, 0.4) is 0 Å². The molecule has 7 nitrogen and oxygen atoms in total. The van der Waals surface area contributed by atoms with Crippen LogP contribution in [0.1, 0.15) is 21.9 Å². The number of carbonyl (C=O) groups is 1. The first-order valence-electron chi connectivity index (χ1n) is 5.60. The van der Waals surface area contributed by atoms with Crippen LogP contribution in [-0.2, 0) is 0 Å². The Morgan fingerprint density at radius 3 is 2.37 bits per heavy atom. The molecule has 2 aromatic heterocycles. The topological polar surface area (TPSA) is 89.9 Å². The van der Waals surface area contributed by atoms with Crippen LogP contribution in [0.15, 0.2) is 18.2 Å². The minimum absolute atomic E-state index is 0.170. The van der Waals surface area contributed by atoms with E-state index >= 15 is 0 Å². The lowest BCUT2D eigenvalue weighted by Crippen LogP contribution is -2.16. The number of rotatable bonds is 3. The van der Waals surface area contributed by atoms with Crippen LogP contribution in [-0.4, -0.2) is 33.2 Å². The molecule has 0 saturated heterocycles. The average Bonchev–Trinajstić information content (AvgIpc) is 2.37. The molecule has 0 aromatic carbocycles. The highest BCUT2D eigenvalue weighted by molar-refractivity contribution is 6.01. The summed E-state index contributed by atoms with van der Waals surface area (Å²) < 4.78 is 4.87. The first-order chi connectivity index (χ1) is 9.08. The van der Waals surface area contributed by atoms with Gasteiger partial charge in [0, 0.05) is 17.5 Å². The van der Waals surface area contributed by atoms with Crippen molar-refractivity contribution in [3.63, 3.8) is 0 Å². The van der Waals surface area contributed by atoms with Gasteiger partial charge in [-0.3, -0.25) is 10.1 Å². The number of nitrogens with zero attached hydrogens (tertiary/aromatic N) is 4. The monoisotopic (exact) mass is 259 g/mol. The maximum absolute atomic E-state index is 11.9. The Balaban J connectivity index is 2.15. The fourth-order valence-electron chi connectivity index (χ4n) is 1.50. The standard InChI is InChI=1S/C12H13N5O2/c1-7-6-8(2)14-12(13-7)15-11(18)9-4-5-10(19-3)17-16-9/h4-6H,1-3H3,(H,13,14,15,18). The lowest BCUT2D eigenvalue weighted by Gasteiger charge is -2.05. The van der Waals surface area contributed by atoms with Crippen molar-refractivity contribution in [1.82, 2.24) is 20.2 Å². The summed E-state index contributed by atoms with van der Waals surface area (Å²) in [6, 6.07) is 4.90. The second-order valence-corrected chi connectivity index (χ2v) is 3.89. The van der Waals surface area contributed by atoms with E-state index in [0.29, 0.717) is 5.88 Å². The fraction of sp³-hybridized carbons (Fsp3) is 0.250. The Hall–Kier alpha value is -2.57. The third-order valence-electron chi connectivity index (χ3n) is 2.29. The summed E-state index contributed by atoms with van der Waals surface area (Å²) in [4.78, 5) is 20.1. The summed E-state index contributed by atoms with van der Waals surface area (Å²) in [5.74, 6) is 0.180. The Labute approximate surface area is 110 Å². The summed E-state index contributed by atoms with van der Waals surface area (Å²) in [7, 11) is 1.48. The molecule has 0 radical (unpaired) electrons. The third-order valence-corrected chi connectivity index (χ3v) is 2.29. The van der Waals surface area contributed by atoms with E-state index in [4.69, 9.17) is 4.74 Å². The van der Waals surface area contributed by atoms with Crippen LogP contribution in [0.2, 0.25) is 0 Å². The summed E-state index contributed by atoms with van der Waals surface area (Å²) in [6.45, 7) is 3.66. The van der Waals surface area contributed by atoms with Crippen molar-refractivity contribution in [2.24, 2.45) is 0 Å². The van der Waals surface area contributed by atoms with Crippen LogP contribution >= 0.6 is 0 Å². The Bertz CT molecular complexity index is 577. The largest absolute Gasteiger partial charge is 0.480 e. The zero-order valence-corrected chi connectivity index (χ0v) is 10.8. The van der Waals surface area contributed by atoms with Gasteiger partial charge in [0.15, 0.2) is 5.69 Å². The maximum Gasteiger partial charge on any atom is 0.278 e. The van der Waals surface area contributed by atoms with E-state index in [2.05, 4.69) is 25.5 Å². The van der Waals surface area contributed by atoms with Crippen LogP contribution in [0.25, 0.3) is 0 Å². The third kappa shape index (κ3) is 3.21. The molecule has 0 bridgehead atoms. The highest BCUT2D eigenvalue weighted by Gasteiger charge is 2.10. The van der Waals surface area contributed by atoms with Gasteiger partial charge in [-0.2, -0.15) is 0 Å². The summed E-state index contributed by atoms with van der Waals surface area (Å²) in [5, 5.41) is 10.0. The number of methoxy groups -OCH3 is 1. The van der Waals surface area contributed by atoms with Gasteiger partial charge in [-0.25, -0.2) is 9.97 Å². The normalized spacial score (nSPS) is 10.1. The van der Waals surface area contributed by atoms with Crippen LogP contribution < -0.4 is 10.1 Å². The lowest BCUT2D eigenvalue weighted by molar-refractivity contribution is 0.102. The van der Waals surface area contributed by atoms with E-state index in [-0.39, 0.29) is 11.6 Å². The molecule has 2 aromatic rings. The molecule has 19 heavy (non-hydrogen) atoms.